The fourth-order valence-electron chi connectivity index (χ4n) is 1.12. The van der Waals surface area contributed by atoms with Crippen molar-refractivity contribution in [3.8, 4) is 0 Å². The summed E-state index contributed by atoms with van der Waals surface area (Å²) in [6.45, 7) is 18.2. The fraction of sp³-hybridized carbons (Fsp3) is 1.00. The summed E-state index contributed by atoms with van der Waals surface area (Å²) in [7, 11) is 1.05. The molecule has 0 radical (unpaired) electrons. The Labute approximate surface area is 87.7 Å². The maximum absolute atomic E-state index is 2.30. The quantitative estimate of drug-likeness (QED) is 0.523. The van der Waals surface area contributed by atoms with Crippen LogP contribution < -0.4 is 0 Å². The van der Waals surface area contributed by atoms with Crippen molar-refractivity contribution in [1.82, 2.24) is 0 Å². The Morgan fingerprint density at radius 3 is 0.923 bits per heavy atom. The molecule has 1 heteroatoms. The molecule has 0 atom stereocenters. The molecule has 13 heavy (non-hydrogen) atoms. The molecule has 0 aromatic carbocycles. The van der Waals surface area contributed by atoms with Gasteiger partial charge in [0.1, 0.15) is 0 Å². The molecule has 0 aromatic heterocycles. The molecule has 0 unspecified atom stereocenters. The van der Waals surface area contributed by atoms with Gasteiger partial charge in [0.2, 0.25) is 0 Å². The maximum Gasteiger partial charge on any atom is -0.0202 e. The molecule has 0 saturated heterocycles. The fourth-order valence-corrected chi connectivity index (χ4v) is 3.38. The van der Waals surface area contributed by atoms with Crippen LogP contribution in [-0.4, -0.2) is 10.3 Å². The molecule has 0 bridgehead atoms. The average molecular weight is 204 g/mol. The predicted octanol–water partition coefficient (Wildman–Crippen LogP) is 5.07. The summed E-state index contributed by atoms with van der Waals surface area (Å²) in [5.41, 5.74) is 0. The maximum atomic E-state index is 2.30. The first kappa shape index (κ1) is 15.9. The van der Waals surface area contributed by atoms with E-state index in [1.165, 1.54) is 12.8 Å². The van der Waals surface area contributed by atoms with Gasteiger partial charge in [0.15, 0.2) is 0 Å². The van der Waals surface area contributed by atoms with Crippen LogP contribution in [0.1, 0.15) is 68.2 Å². The highest BCUT2D eigenvalue weighted by atomic mass is 31.1. The van der Waals surface area contributed by atoms with E-state index in [1.54, 1.807) is 0 Å². The highest BCUT2D eigenvalue weighted by Gasteiger charge is 2.19. The first-order chi connectivity index (χ1) is 5.62. The van der Waals surface area contributed by atoms with Crippen LogP contribution in [-0.2, 0) is 0 Å². The molecule has 0 aliphatic heterocycles. The normalized spacial score (nSPS) is 12.0. The minimum atomic E-state index is 0.512. The Balaban J connectivity index is 0. The van der Waals surface area contributed by atoms with Crippen molar-refractivity contribution in [2.75, 3.05) is 0 Å². The van der Waals surface area contributed by atoms with E-state index in [9.17, 15) is 0 Å². The first-order valence-corrected chi connectivity index (χ1v) is 6.41. The first-order valence-electron chi connectivity index (χ1n) is 5.41. The molecule has 0 heterocycles. The summed E-state index contributed by atoms with van der Waals surface area (Å²) in [5, 5.41) is 1.02. The molecule has 0 aliphatic carbocycles. The standard InChI is InChI=1S/C8H19P.C4H10/c1-7(2,3)9-8(4,5)6;1-3-4-2/h9H,1-6H3;3-4H2,1-2H3. The van der Waals surface area contributed by atoms with E-state index in [4.69, 9.17) is 0 Å². The average Bonchev–Trinajstić information content (AvgIpc) is 1.80. The van der Waals surface area contributed by atoms with E-state index in [1.807, 2.05) is 0 Å². The topological polar surface area (TPSA) is 0 Å². The molecular weight excluding hydrogens is 175 g/mol. The van der Waals surface area contributed by atoms with E-state index in [0.29, 0.717) is 10.3 Å². The Morgan fingerprint density at radius 1 is 0.692 bits per heavy atom. The highest BCUT2D eigenvalue weighted by Crippen LogP contribution is 2.41. The largest absolute Gasteiger partial charge is 0.111 e. The molecular formula is C12H29P. The van der Waals surface area contributed by atoms with Crippen molar-refractivity contribution in [3.63, 3.8) is 0 Å². The zero-order valence-corrected chi connectivity index (χ0v) is 11.9. The zero-order valence-electron chi connectivity index (χ0n) is 10.9. The Bertz CT molecular complexity index is 89.3. The van der Waals surface area contributed by atoms with E-state index in [-0.39, 0.29) is 0 Å². The number of hydrogen-bond donors (Lipinski definition) is 0. The molecule has 0 aromatic rings. The van der Waals surface area contributed by atoms with Crippen molar-refractivity contribution >= 4 is 8.58 Å². The van der Waals surface area contributed by atoms with Crippen molar-refractivity contribution < 1.29 is 0 Å². The monoisotopic (exact) mass is 204 g/mol. The van der Waals surface area contributed by atoms with Crippen LogP contribution in [0.2, 0.25) is 0 Å². The van der Waals surface area contributed by atoms with Gasteiger partial charge in [0.05, 0.1) is 0 Å². The van der Waals surface area contributed by atoms with Crippen LogP contribution in [0.4, 0.5) is 0 Å². The second-order valence-electron chi connectivity index (χ2n) is 5.62. The molecule has 0 rings (SSSR count). The second-order valence-corrected chi connectivity index (χ2v) is 8.88. The lowest BCUT2D eigenvalue weighted by atomic mass is 10.2. The van der Waals surface area contributed by atoms with Gasteiger partial charge in [-0.1, -0.05) is 68.2 Å². The third kappa shape index (κ3) is 24.5. The zero-order chi connectivity index (χ0) is 11.1. The van der Waals surface area contributed by atoms with Crippen LogP contribution in [0.25, 0.3) is 0 Å². The Hall–Kier alpha value is 0.430. The molecule has 0 aliphatic rings. The molecule has 0 spiro atoms. The summed E-state index contributed by atoms with van der Waals surface area (Å²) in [5.74, 6) is 0. The van der Waals surface area contributed by atoms with Gasteiger partial charge in [-0.15, -0.1) is 8.58 Å². The van der Waals surface area contributed by atoms with Crippen molar-refractivity contribution in [3.05, 3.63) is 0 Å². The minimum absolute atomic E-state index is 0.512. The van der Waals surface area contributed by atoms with E-state index < -0.39 is 0 Å². The van der Waals surface area contributed by atoms with Crippen LogP contribution in [0.5, 0.6) is 0 Å². The number of hydrogen-bond acceptors (Lipinski definition) is 0. The Kier molecular flexibility index (Phi) is 8.33. The number of rotatable bonds is 1. The van der Waals surface area contributed by atoms with Crippen molar-refractivity contribution in [2.45, 2.75) is 78.5 Å². The van der Waals surface area contributed by atoms with Crippen LogP contribution in [0, 0.1) is 0 Å². The Morgan fingerprint density at radius 2 is 0.923 bits per heavy atom. The lowest BCUT2D eigenvalue weighted by molar-refractivity contribution is 0.725. The molecule has 0 nitrogen and oxygen atoms in total. The molecule has 0 saturated carbocycles. The molecule has 0 fully saturated rings. The van der Waals surface area contributed by atoms with Crippen LogP contribution >= 0.6 is 8.58 Å². The summed E-state index contributed by atoms with van der Waals surface area (Å²) in [4.78, 5) is 0. The summed E-state index contributed by atoms with van der Waals surface area (Å²) in [6, 6.07) is 0. The summed E-state index contributed by atoms with van der Waals surface area (Å²) in [6.07, 6.45) is 2.64. The van der Waals surface area contributed by atoms with Gasteiger partial charge in [0.25, 0.3) is 0 Å². The highest BCUT2D eigenvalue weighted by molar-refractivity contribution is 7.41. The van der Waals surface area contributed by atoms with Gasteiger partial charge in [-0.2, -0.15) is 0 Å². The van der Waals surface area contributed by atoms with E-state index >= 15 is 0 Å². The van der Waals surface area contributed by atoms with Gasteiger partial charge < -0.3 is 0 Å². The van der Waals surface area contributed by atoms with Crippen LogP contribution in [0.3, 0.4) is 0 Å². The molecule has 0 N–H and O–H groups in total. The molecule has 0 amide bonds. The van der Waals surface area contributed by atoms with Crippen LogP contribution in [0.15, 0.2) is 0 Å². The SMILES string of the molecule is CC(C)(C)PC(C)(C)C.CCCC. The minimum Gasteiger partial charge on any atom is -0.111 e. The van der Waals surface area contributed by atoms with E-state index in [2.05, 4.69) is 55.4 Å². The summed E-state index contributed by atoms with van der Waals surface area (Å²) < 4.78 is 0. The third-order valence-corrected chi connectivity index (χ3v) is 2.75. The van der Waals surface area contributed by atoms with Crippen molar-refractivity contribution in [1.29, 1.82) is 0 Å². The van der Waals surface area contributed by atoms with Gasteiger partial charge >= 0.3 is 0 Å². The van der Waals surface area contributed by atoms with Gasteiger partial charge in [-0.25, -0.2) is 0 Å². The van der Waals surface area contributed by atoms with E-state index in [0.717, 1.165) is 8.58 Å². The van der Waals surface area contributed by atoms with Gasteiger partial charge in [0, 0.05) is 0 Å². The predicted molar refractivity (Wildman–Crippen MR) is 68.4 cm³/mol. The smallest absolute Gasteiger partial charge is 0.0202 e. The lowest BCUT2D eigenvalue weighted by Gasteiger charge is -2.28. The lowest BCUT2D eigenvalue weighted by Crippen LogP contribution is -2.16. The number of unbranched alkanes of at least 4 members (excludes halogenated alkanes) is 1. The van der Waals surface area contributed by atoms with Gasteiger partial charge in [-0.3, -0.25) is 0 Å². The third-order valence-electron chi connectivity index (χ3n) is 1.25. The van der Waals surface area contributed by atoms with Crippen molar-refractivity contribution in [2.24, 2.45) is 0 Å². The molecule has 82 valence electrons. The second kappa shape index (κ2) is 6.82. The van der Waals surface area contributed by atoms with Gasteiger partial charge in [-0.05, 0) is 10.3 Å². The summed E-state index contributed by atoms with van der Waals surface area (Å²) >= 11 is 0.